The molecule has 1 saturated heterocycles. The minimum Gasteiger partial charge on any atom is -0.466 e. The average Bonchev–Trinajstić information content (AvgIpc) is 2.89. The summed E-state index contributed by atoms with van der Waals surface area (Å²) < 4.78 is 9.47. The predicted octanol–water partition coefficient (Wildman–Crippen LogP) is 2.69. The van der Waals surface area contributed by atoms with E-state index in [-0.39, 0.29) is 11.3 Å². The number of esters is 2. The van der Waals surface area contributed by atoms with E-state index in [9.17, 15) is 19.7 Å². The van der Waals surface area contributed by atoms with Crippen LogP contribution >= 0.6 is 0 Å². The van der Waals surface area contributed by atoms with Crippen LogP contribution in [0.5, 0.6) is 0 Å². The highest BCUT2D eigenvalue weighted by molar-refractivity contribution is 5.93. The molecule has 0 amide bonds. The number of carbonyl (C=O) groups excluding carboxylic acids is 2. The van der Waals surface area contributed by atoms with Gasteiger partial charge in [0.2, 0.25) is 0 Å². The van der Waals surface area contributed by atoms with Crippen LogP contribution in [0.3, 0.4) is 0 Å². The molecule has 25 heavy (non-hydrogen) atoms. The molecule has 1 atom stereocenters. The summed E-state index contributed by atoms with van der Waals surface area (Å²) in [7, 11) is 1.19. The number of anilines is 1. The van der Waals surface area contributed by atoms with Crippen molar-refractivity contribution in [3.05, 3.63) is 33.9 Å². The third-order valence-electron chi connectivity index (χ3n) is 4.17. The number of carbonyl (C=O) groups is 2. The normalized spacial score (nSPS) is 15.8. The van der Waals surface area contributed by atoms with E-state index in [2.05, 4.69) is 4.74 Å². The van der Waals surface area contributed by atoms with Crippen molar-refractivity contribution in [2.45, 2.75) is 38.7 Å². The van der Waals surface area contributed by atoms with E-state index in [1.807, 2.05) is 4.90 Å². The SMILES string of the molecule is COC(=O)C(C)OC(=O)c1ccc(N2CCCCCC2)c([N+](=O)[O-])c1. The first kappa shape index (κ1) is 18.7. The summed E-state index contributed by atoms with van der Waals surface area (Å²) in [5.74, 6) is -1.49. The van der Waals surface area contributed by atoms with Gasteiger partial charge in [-0.3, -0.25) is 10.1 Å². The van der Waals surface area contributed by atoms with Crippen LogP contribution in [0.15, 0.2) is 18.2 Å². The summed E-state index contributed by atoms with van der Waals surface area (Å²) in [6.07, 6.45) is 3.11. The molecule has 0 saturated carbocycles. The van der Waals surface area contributed by atoms with Crippen molar-refractivity contribution in [1.82, 2.24) is 0 Å². The zero-order chi connectivity index (χ0) is 18.4. The highest BCUT2D eigenvalue weighted by Crippen LogP contribution is 2.31. The van der Waals surface area contributed by atoms with E-state index < -0.39 is 23.0 Å². The largest absolute Gasteiger partial charge is 0.466 e. The Labute approximate surface area is 145 Å². The first-order chi connectivity index (χ1) is 11.9. The molecule has 2 rings (SSSR count). The van der Waals surface area contributed by atoms with E-state index in [0.29, 0.717) is 5.69 Å². The van der Waals surface area contributed by atoms with E-state index in [0.717, 1.165) is 38.8 Å². The molecule has 1 heterocycles. The lowest BCUT2D eigenvalue weighted by molar-refractivity contribution is -0.384. The quantitative estimate of drug-likeness (QED) is 0.457. The Balaban J connectivity index is 2.24. The molecule has 1 aromatic rings. The highest BCUT2D eigenvalue weighted by atomic mass is 16.6. The zero-order valence-electron chi connectivity index (χ0n) is 14.4. The smallest absolute Gasteiger partial charge is 0.346 e. The van der Waals surface area contributed by atoms with Crippen LogP contribution in [0.25, 0.3) is 0 Å². The number of benzene rings is 1. The van der Waals surface area contributed by atoms with Gasteiger partial charge in [0.15, 0.2) is 6.10 Å². The Morgan fingerprint density at radius 3 is 2.40 bits per heavy atom. The lowest BCUT2D eigenvalue weighted by Crippen LogP contribution is -2.26. The molecule has 8 nitrogen and oxygen atoms in total. The van der Waals surface area contributed by atoms with Crippen LogP contribution in [0.2, 0.25) is 0 Å². The molecule has 0 bridgehead atoms. The first-order valence-electron chi connectivity index (χ1n) is 8.26. The van der Waals surface area contributed by atoms with Gasteiger partial charge in [-0.05, 0) is 31.9 Å². The van der Waals surface area contributed by atoms with Crippen molar-refractivity contribution < 1.29 is 24.0 Å². The zero-order valence-corrected chi connectivity index (χ0v) is 14.4. The van der Waals surface area contributed by atoms with E-state index >= 15 is 0 Å². The third kappa shape index (κ3) is 4.68. The maximum Gasteiger partial charge on any atom is 0.346 e. The molecular weight excluding hydrogens is 328 g/mol. The maximum absolute atomic E-state index is 12.1. The number of ether oxygens (including phenoxy) is 2. The topological polar surface area (TPSA) is 99.0 Å². The average molecular weight is 350 g/mol. The molecule has 8 heteroatoms. The summed E-state index contributed by atoms with van der Waals surface area (Å²) >= 11 is 0. The summed E-state index contributed by atoms with van der Waals surface area (Å²) in [6, 6.07) is 4.26. The van der Waals surface area contributed by atoms with Crippen molar-refractivity contribution in [2.24, 2.45) is 0 Å². The Morgan fingerprint density at radius 1 is 1.20 bits per heavy atom. The van der Waals surface area contributed by atoms with Crippen molar-refractivity contribution in [1.29, 1.82) is 0 Å². The standard InChI is InChI=1S/C17H22N2O6/c1-12(16(20)24-2)25-17(21)13-7-8-14(15(11-13)19(22)23)18-9-5-3-4-6-10-18/h7-8,11-12H,3-6,9-10H2,1-2H3. The van der Waals surface area contributed by atoms with E-state index in [4.69, 9.17) is 4.74 Å². The van der Waals surface area contributed by atoms with Crippen LogP contribution in [-0.2, 0) is 14.3 Å². The van der Waals surface area contributed by atoms with Crippen molar-refractivity contribution >= 4 is 23.3 Å². The van der Waals surface area contributed by atoms with Crippen LogP contribution < -0.4 is 4.90 Å². The minimum absolute atomic E-state index is 0.0287. The molecule has 0 aromatic heterocycles. The predicted molar refractivity (Wildman–Crippen MR) is 90.7 cm³/mol. The molecule has 1 aromatic carbocycles. The van der Waals surface area contributed by atoms with Crippen molar-refractivity contribution in [2.75, 3.05) is 25.1 Å². The van der Waals surface area contributed by atoms with Gasteiger partial charge in [-0.15, -0.1) is 0 Å². The first-order valence-corrected chi connectivity index (χ1v) is 8.26. The Kier molecular flexibility index (Phi) is 6.32. The van der Waals surface area contributed by atoms with E-state index in [1.165, 1.54) is 26.2 Å². The molecular formula is C17H22N2O6. The highest BCUT2D eigenvalue weighted by Gasteiger charge is 2.25. The van der Waals surface area contributed by atoms with E-state index in [1.54, 1.807) is 6.07 Å². The van der Waals surface area contributed by atoms with Crippen molar-refractivity contribution in [3.63, 3.8) is 0 Å². The third-order valence-corrected chi connectivity index (χ3v) is 4.17. The van der Waals surface area contributed by atoms with Gasteiger partial charge in [0.1, 0.15) is 5.69 Å². The summed E-state index contributed by atoms with van der Waals surface area (Å²) in [5, 5.41) is 11.5. The fourth-order valence-electron chi connectivity index (χ4n) is 2.82. The van der Waals surface area contributed by atoms with Gasteiger partial charge in [-0.2, -0.15) is 0 Å². The van der Waals surface area contributed by atoms with Crippen LogP contribution in [-0.4, -0.2) is 43.2 Å². The second-order valence-electron chi connectivity index (χ2n) is 5.93. The fourth-order valence-corrected chi connectivity index (χ4v) is 2.82. The molecule has 0 spiro atoms. The van der Waals surface area contributed by atoms with Gasteiger partial charge >= 0.3 is 11.9 Å². The number of nitrogens with zero attached hydrogens (tertiary/aromatic N) is 2. The minimum atomic E-state index is -1.08. The van der Waals surface area contributed by atoms with Gasteiger partial charge in [0, 0.05) is 19.2 Å². The van der Waals surface area contributed by atoms with Gasteiger partial charge in [-0.25, -0.2) is 9.59 Å². The number of methoxy groups -OCH3 is 1. The molecule has 0 aliphatic carbocycles. The monoisotopic (exact) mass is 350 g/mol. The molecule has 136 valence electrons. The van der Waals surface area contributed by atoms with Gasteiger partial charge < -0.3 is 14.4 Å². The Bertz CT molecular complexity index is 653. The number of hydrogen-bond donors (Lipinski definition) is 0. The molecule has 1 unspecified atom stereocenters. The molecule has 1 fully saturated rings. The van der Waals surface area contributed by atoms with Gasteiger partial charge in [0.25, 0.3) is 5.69 Å². The van der Waals surface area contributed by atoms with Crippen molar-refractivity contribution in [3.8, 4) is 0 Å². The second-order valence-corrected chi connectivity index (χ2v) is 5.93. The molecule has 1 aliphatic heterocycles. The molecule has 1 aliphatic rings. The van der Waals surface area contributed by atoms with Gasteiger partial charge in [0.05, 0.1) is 17.6 Å². The lowest BCUT2D eigenvalue weighted by atomic mass is 10.1. The number of hydrogen-bond acceptors (Lipinski definition) is 7. The van der Waals surface area contributed by atoms with Crippen LogP contribution in [0.4, 0.5) is 11.4 Å². The number of nitro groups is 1. The molecule has 0 N–H and O–H groups in total. The van der Waals surface area contributed by atoms with Crippen LogP contribution in [0, 0.1) is 10.1 Å². The Hall–Kier alpha value is -2.64. The summed E-state index contributed by atoms with van der Waals surface area (Å²) in [4.78, 5) is 36.4. The van der Waals surface area contributed by atoms with Crippen LogP contribution in [0.1, 0.15) is 43.0 Å². The van der Waals surface area contributed by atoms with Gasteiger partial charge in [-0.1, -0.05) is 12.8 Å². The fraction of sp³-hybridized carbons (Fsp3) is 0.529. The number of nitro benzene ring substituents is 1. The second kappa shape index (κ2) is 8.46. The lowest BCUT2D eigenvalue weighted by Gasteiger charge is -2.22. The maximum atomic E-state index is 12.1. The Morgan fingerprint density at radius 2 is 1.84 bits per heavy atom. The summed E-state index contributed by atoms with van der Waals surface area (Å²) in [6.45, 7) is 2.89. The molecule has 0 radical (unpaired) electrons. The number of rotatable bonds is 5. The summed E-state index contributed by atoms with van der Waals surface area (Å²) in [5.41, 5.74) is 0.396.